The first kappa shape index (κ1) is 20.2. The van der Waals surface area contributed by atoms with Crippen molar-refractivity contribution >= 4 is 53.9 Å². The fourth-order valence-electron chi connectivity index (χ4n) is 6.00. The first-order chi connectivity index (χ1) is 17.7. The van der Waals surface area contributed by atoms with Crippen molar-refractivity contribution in [1.29, 1.82) is 0 Å². The summed E-state index contributed by atoms with van der Waals surface area (Å²) in [5.41, 5.74) is 11.7. The van der Waals surface area contributed by atoms with Gasteiger partial charge in [-0.1, -0.05) is 66.3 Å². The third-order valence-electron chi connectivity index (χ3n) is 7.81. The molecule has 0 bridgehead atoms. The fraction of sp³-hybridized carbons (Fsp3) is 0.0882. The lowest BCUT2D eigenvalue weighted by atomic mass is 9.81. The van der Waals surface area contributed by atoms with Gasteiger partial charge in [0.2, 0.25) is 0 Å². The second-order valence-corrected chi connectivity index (χ2v) is 11.1. The third kappa shape index (κ3) is 2.91. The first-order valence-corrected chi connectivity index (χ1v) is 13.4. The van der Waals surface area contributed by atoms with Gasteiger partial charge < -0.3 is 0 Å². The van der Waals surface area contributed by atoms with Crippen molar-refractivity contribution in [3.05, 3.63) is 113 Å². The van der Waals surface area contributed by atoms with Crippen LogP contribution in [0.1, 0.15) is 28.7 Å². The van der Waals surface area contributed by atoms with E-state index in [0.717, 1.165) is 18.5 Å². The number of allylic oxidation sites excluding steroid dienone is 3. The van der Waals surface area contributed by atoms with E-state index in [1.54, 1.807) is 0 Å². The van der Waals surface area contributed by atoms with Crippen molar-refractivity contribution in [3.63, 3.8) is 0 Å². The highest BCUT2D eigenvalue weighted by Gasteiger charge is 2.22. The second kappa shape index (κ2) is 7.49. The molecule has 4 aromatic carbocycles. The van der Waals surface area contributed by atoms with E-state index in [2.05, 4.69) is 97.9 Å². The summed E-state index contributed by atoms with van der Waals surface area (Å²) in [6.07, 6.45) is 11.0. The molecule has 0 saturated heterocycles. The summed E-state index contributed by atoms with van der Waals surface area (Å²) in [4.78, 5) is 4.75. The quantitative estimate of drug-likeness (QED) is 0.242. The Morgan fingerprint density at radius 1 is 0.750 bits per heavy atom. The van der Waals surface area contributed by atoms with Crippen LogP contribution in [-0.2, 0) is 6.42 Å². The Hall–Kier alpha value is -4.01. The Labute approximate surface area is 214 Å². The zero-order valence-corrected chi connectivity index (χ0v) is 20.8. The highest BCUT2D eigenvalue weighted by molar-refractivity contribution is 7.26. The monoisotopic (exact) mass is 477 g/mol. The van der Waals surface area contributed by atoms with Crippen molar-refractivity contribution in [2.75, 3.05) is 0 Å². The summed E-state index contributed by atoms with van der Waals surface area (Å²) in [7, 11) is 0. The van der Waals surface area contributed by atoms with Crippen LogP contribution in [0.3, 0.4) is 0 Å². The van der Waals surface area contributed by atoms with E-state index < -0.39 is 0 Å². The van der Waals surface area contributed by atoms with Gasteiger partial charge in [-0.25, -0.2) is 0 Å². The third-order valence-corrected chi connectivity index (χ3v) is 9.03. The van der Waals surface area contributed by atoms with Crippen LogP contribution in [0.4, 0.5) is 0 Å². The van der Waals surface area contributed by atoms with Crippen LogP contribution < -0.4 is 0 Å². The van der Waals surface area contributed by atoms with E-state index in [0.29, 0.717) is 0 Å². The smallest absolute Gasteiger partial charge is 0.0708 e. The number of hydrogen-bond donors (Lipinski definition) is 0. The molecular formula is C34H23NS. The maximum atomic E-state index is 4.75. The molecule has 2 aromatic heterocycles. The summed E-state index contributed by atoms with van der Waals surface area (Å²) in [5, 5.41) is 5.59. The Morgan fingerprint density at radius 3 is 2.56 bits per heavy atom. The molecule has 0 N–H and O–H groups in total. The number of pyridine rings is 1. The number of fused-ring (bicyclic) bond motifs is 4. The molecule has 0 saturated carbocycles. The number of hydrogen-bond acceptors (Lipinski definition) is 2. The van der Waals surface area contributed by atoms with Crippen molar-refractivity contribution < 1.29 is 0 Å². The summed E-state index contributed by atoms with van der Waals surface area (Å²) in [6.45, 7) is 2.13. The summed E-state index contributed by atoms with van der Waals surface area (Å²) >= 11 is 1.92. The van der Waals surface area contributed by atoms with Gasteiger partial charge in [0.15, 0.2) is 0 Å². The maximum absolute atomic E-state index is 4.75. The van der Waals surface area contributed by atoms with E-state index in [9.17, 15) is 0 Å². The summed E-state index contributed by atoms with van der Waals surface area (Å²) < 4.78 is 2.74. The Morgan fingerprint density at radius 2 is 1.64 bits per heavy atom. The number of rotatable bonds is 2. The van der Waals surface area contributed by atoms with E-state index in [4.69, 9.17) is 4.98 Å². The maximum Gasteiger partial charge on any atom is 0.0708 e. The molecule has 0 radical (unpaired) electrons. The van der Waals surface area contributed by atoms with Gasteiger partial charge in [-0.3, -0.25) is 4.98 Å². The molecule has 0 atom stereocenters. The van der Waals surface area contributed by atoms with E-state index in [-0.39, 0.29) is 0 Å². The van der Waals surface area contributed by atoms with Crippen LogP contribution in [0.2, 0.25) is 0 Å². The van der Waals surface area contributed by atoms with Gasteiger partial charge in [0, 0.05) is 37.3 Å². The lowest BCUT2D eigenvalue weighted by Crippen LogP contribution is -2.03. The zero-order chi connectivity index (χ0) is 23.8. The average Bonchev–Trinajstić information content (AvgIpc) is 3.30. The van der Waals surface area contributed by atoms with Crippen LogP contribution in [0.25, 0.3) is 65.0 Å². The topological polar surface area (TPSA) is 12.9 Å². The minimum Gasteiger partial charge on any atom is -0.256 e. The molecule has 6 aromatic rings. The second-order valence-electron chi connectivity index (χ2n) is 10.0. The van der Waals surface area contributed by atoms with Gasteiger partial charge in [-0.2, -0.15) is 0 Å². The minimum absolute atomic E-state index is 1.02. The van der Waals surface area contributed by atoms with E-state index in [1.165, 1.54) is 75.5 Å². The molecule has 0 spiro atoms. The van der Waals surface area contributed by atoms with Crippen LogP contribution in [0.15, 0.2) is 91.1 Å². The van der Waals surface area contributed by atoms with Gasteiger partial charge in [-0.15, -0.1) is 11.3 Å². The number of aromatic nitrogens is 1. The Balaban J connectivity index is 1.33. The highest BCUT2D eigenvalue weighted by Crippen LogP contribution is 2.46. The van der Waals surface area contributed by atoms with Crippen molar-refractivity contribution in [2.24, 2.45) is 0 Å². The number of benzene rings is 4. The molecule has 170 valence electrons. The van der Waals surface area contributed by atoms with Crippen LogP contribution >= 0.6 is 11.3 Å². The van der Waals surface area contributed by atoms with Crippen LogP contribution in [0, 0.1) is 6.92 Å². The van der Waals surface area contributed by atoms with Gasteiger partial charge in [0.05, 0.1) is 5.69 Å². The Bertz CT molecular complexity index is 1930. The van der Waals surface area contributed by atoms with Crippen LogP contribution in [-0.4, -0.2) is 4.98 Å². The standard InChI is InChI=1S/C34H23NS/c1-20-5-7-21(8-6-20)24-15-16-35-30(19-24)25-12-14-31-28(17-25)29-18-26-10-9-22-3-2-4-23-11-13-27(34(29)36-31)33(26)32(22)23/h2,4-9,11-19H,3,10H2,1H3. The summed E-state index contributed by atoms with van der Waals surface area (Å²) in [5.74, 6) is 0. The fourth-order valence-corrected chi connectivity index (χ4v) is 7.19. The molecule has 2 heterocycles. The molecule has 2 aliphatic carbocycles. The normalized spacial score (nSPS) is 14.1. The highest BCUT2D eigenvalue weighted by atomic mass is 32.1. The molecule has 2 aliphatic rings. The number of aryl methyl sites for hydroxylation is 1. The van der Waals surface area contributed by atoms with Gasteiger partial charge in [-0.05, 0) is 88.9 Å². The Kier molecular flexibility index (Phi) is 4.21. The van der Waals surface area contributed by atoms with Crippen molar-refractivity contribution in [2.45, 2.75) is 19.8 Å². The summed E-state index contributed by atoms with van der Waals surface area (Å²) in [6, 6.07) is 27.0. The van der Waals surface area contributed by atoms with Crippen molar-refractivity contribution in [3.8, 4) is 22.4 Å². The number of thiophene rings is 1. The van der Waals surface area contributed by atoms with Gasteiger partial charge in [0.25, 0.3) is 0 Å². The minimum atomic E-state index is 1.02. The average molecular weight is 478 g/mol. The molecule has 0 aliphatic heterocycles. The molecule has 2 heteroatoms. The van der Waals surface area contributed by atoms with Gasteiger partial charge >= 0.3 is 0 Å². The lowest BCUT2D eigenvalue weighted by molar-refractivity contribution is 1.24. The molecular weight excluding hydrogens is 454 g/mol. The predicted octanol–water partition coefficient (Wildman–Crippen LogP) is 9.60. The molecule has 0 fully saturated rings. The first-order valence-electron chi connectivity index (χ1n) is 12.6. The van der Waals surface area contributed by atoms with Gasteiger partial charge in [0.1, 0.15) is 0 Å². The predicted molar refractivity (Wildman–Crippen MR) is 156 cm³/mol. The molecule has 0 unspecified atom stereocenters. The molecule has 0 amide bonds. The molecule has 8 rings (SSSR count). The van der Waals surface area contributed by atoms with E-state index >= 15 is 0 Å². The lowest BCUT2D eigenvalue weighted by Gasteiger charge is -2.23. The van der Waals surface area contributed by atoms with Crippen molar-refractivity contribution in [1.82, 2.24) is 4.98 Å². The largest absolute Gasteiger partial charge is 0.256 e. The van der Waals surface area contributed by atoms with E-state index in [1.807, 2.05) is 17.5 Å². The van der Waals surface area contributed by atoms with Crippen LogP contribution in [0.5, 0.6) is 0 Å². The number of nitrogens with zero attached hydrogens (tertiary/aromatic N) is 1. The molecule has 1 nitrogen and oxygen atoms in total. The zero-order valence-electron chi connectivity index (χ0n) is 20.0. The molecule has 36 heavy (non-hydrogen) atoms. The SMILES string of the molecule is Cc1ccc(-c2ccnc(-c3ccc4sc5c6ccc7c8c6c(cc5c4c3)CC=C8CC=C7)c2)cc1.